The van der Waals surface area contributed by atoms with Gasteiger partial charge < -0.3 is 0 Å². The Hall–Kier alpha value is -3.26. The molecule has 0 N–H and O–H groups in total. The van der Waals surface area contributed by atoms with Gasteiger partial charge in [0, 0.05) is 22.3 Å². The van der Waals surface area contributed by atoms with Gasteiger partial charge in [-0.2, -0.15) is 0 Å². The third-order valence-electron chi connectivity index (χ3n) is 4.49. The van der Waals surface area contributed by atoms with Crippen LogP contribution in [0.1, 0.15) is 48.5 Å². The molecule has 1 aliphatic rings. The summed E-state index contributed by atoms with van der Waals surface area (Å²) >= 11 is 0. The van der Waals surface area contributed by atoms with E-state index in [2.05, 4.69) is 31.2 Å². The molecule has 0 amide bonds. The minimum Gasteiger partial charge on any atom is -0.289 e. The predicted octanol–water partition coefficient (Wildman–Crippen LogP) is 4.94. The van der Waals surface area contributed by atoms with Crippen molar-refractivity contribution in [2.75, 3.05) is 0 Å². The molecule has 0 fully saturated rings. The van der Waals surface area contributed by atoms with Crippen LogP contribution in [0, 0.1) is 6.92 Å². The summed E-state index contributed by atoms with van der Waals surface area (Å²) in [5, 5.41) is 0. The van der Waals surface area contributed by atoms with Gasteiger partial charge in [-0.1, -0.05) is 72.3 Å². The first kappa shape index (κ1) is 15.3. The van der Waals surface area contributed by atoms with E-state index in [4.69, 9.17) is 0 Å². The molecule has 0 spiro atoms. The van der Waals surface area contributed by atoms with E-state index in [0.29, 0.717) is 22.3 Å². The van der Waals surface area contributed by atoms with Gasteiger partial charge in [-0.25, -0.2) is 0 Å². The van der Waals surface area contributed by atoms with E-state index in [1.54, 1.807) is 36.4 Å². The maximum Gasteiger partial charge on any atom is 0.194 e. The Balaban J connectivity index is 1.71. The molecular formula is C23H16O2. The molecule has 2 nitrogen and oxygen atoms in total. The number of rotatable bonds is 2. The molecule has 0 radical (unpaired) electrons. The summed E-state index contributed by atoms with van der Waals surface area (Å²) in [6.45, 7) is 2.05. The number of hydrogen-bond donors (Lipinski definition) is 0. The third kappa shape index (κ3) is 2.72. The van der Waals surface area contributed by atoms with Crippen molar-refractivity contribution < 1.29 is 9.59 Å². The Morgan fingerprint density at radius 2 is 1.12 bits per heavy atom. The Morgan fingerprint density at radius 1 is 0.600 bits per heavy atom. The number of aryl methyl sites for hydroxylation is 1. The van der Waals surface area contributed by atoms with Crippen LogP contribution < -0.4 is 0 Å². The van der Waals surface area contributed by atoms with Crippen LogP contribution in [-0.4, -0.2) is 11.6 Å². The van der Waals surface area contributed by atoms with Crippen LogP contribution in [0.4, 0.5) is 0 Å². The lowest BCUT2D eigenvalue weighted by Crippen LogP contribution is -2.20. The van der Waals surface area contributed by atoms with Crippen LogP contribution in [0.5, 0.6) is 0 Å². The maximum atomic E-state index is 12.7. The lowest BCUT2D eigenvalue weighted by Gasteiger charge is -2.17. The topological polar surface area (TPSA) is 34.1 Å². The molecule has 0 heterocycles. The molecule has 0 aromatic heterocycles. The van der Waals surface area contributed by atoms with Crippen LogP contribution in [0.3, 0.4) is 0 Å². The molecule has 25 heavy (non-hydrogen) atoms. The smallest absolute Gasteiger partial charge is 0.194 e. The molecule has 3 aromatic carbocycles. The second-order valence-corrected chi connectivity index (χ2v) is 6.25. The molecule has 120 valence electrons. The molecule has 4 rings (SSSR count). The number of fused-ring (bicyclic) bond motifs is 2. The summed E-state index contributed by atoms with van der Waals surface area (Å²) in [5.74, 6) is -0.171. The summed E-state index contributed by atoms with van der Waals surface area (Å²) in [7, 11) is 0. The Kier molecular flexibility index (Phi) is 3.66. The summed E-state index contributed by atoms with van der Waals surface area (Å²) < 4.78 is 0. The quantitative estimate of drug-likeness (QED) is 0.489. The molecule has 0 atom stereocenters. The molecule has 0 unspecified atom stereocenters. The molecule has 2 heteroatoms. The van der Waals surface area contributed by atoms with Crippen LogP contribution in [0.15, 0.2) is 66.7 Å². The van der Waals surface area contributed by atoms with Crippen molar-refractivity contribution in [1.29, 1.82) is 0 Å². The van der Waals surface area contributed by atoms with Crippen molar-refractivity contribution in [2.24, 2.45) is 0 Å². The monoisotopic (exact) mass is 324 g/mol. The highest BCUT2D eigenvalue weighted by atomic mass is 16.1. The van der Waals surface area contributed by atoms with E-state index in [1.807, 2.05) is 18.2 Å². The molecule has 0 saturated heterocycles. The lowest BCUT2D eigenvalue weighted by molar-refractivity contribution is 0.0979. The van der Waals surface area contributed by atoms with Gasteiger partial charge in [0.2, 0.25) is 0 Å². The highest BCUT2D eigenvalue weighted by molar-refractivity contribution is 6.28. The first-order valence-corrected chi connectivity index (χ1v) is 8.21. The van der Waals surface area contributed by atoms with Crippen LogP contribution in [-0.2, 0) is 0 Å². The van der Waals surface area contributed by atoms with Crippen LogP contribution in [0.25, 0.3) is 12.2 Å². The number of carbonyl (C=O) groups excluding carboxylic acids is 2. The van der Waals surface area contributed by atoms with Crippen molar-refractivity contribution in [3.63, 3.8) is 0 Å². The molecule has 0 aliphatic heterocycles. The van der Waals surface area contributed by atoms with Gasteiger partial charge in [0.05, 0.1) is 0 Å². The van der Waals surface area contributed by atoms with Gasteiger partial charge in [0.15, 0.2) is 11.6 Å². The third-order valence-corrected chi connectivity index (χ3v) is 4.49. The van der Waals surface area contributed by atoms with Gasteiger partial charge in [0.25, 0.3) is 0 Å². The second kappa shape index (κ2) is 5.99. The van der Waals surface area contributed by atoms with Crippen molar-refractivity contribution >= 4 is 23.7 Å². The summed E-state index contributed by atoms with van der Waals surface area (Å²) in [6.07, 6.45) is 3.97. The normalized spacial score (nSPS) is 13.0. The fourth-order valence-corrected chi connectivity index (χ4v) is 3.09. The number of carbonyl (C=O) groups is 2. The van der Waals surface area contributed by atoms with Gasteiger partial charge in [-0.3, -0.25) is 9.59 Å². The van der Waals surface area contributed by atoms with Gasteiger partial charge in [-0.05, 0) is 30.2 Å². The average Bonchev–Trinajstić information content (AvgIpc) is 2.65. The van der Waals surface area contributed by atoms with Crippen molar-refractivity contribution in [3.8, 4) is 0 Å². The SMILES string of the molecule is Cc1ccc(/C=C\c2ccc3c(c2)C(=O)c2ccccc2C3=O)cc1. The largest absolute Gasteiger partial charge is 0.289 e. The van der Waals surface area contributed by atoms with Crippen molar-refractivity contribution in [1.82, 2.24) is 0 Å². The molecule has 0 saturated carbocycles. The standard InChI is InChI=1S/C23H16O2/c1-15-6-8-16(9-7-15)10-11-17-12-13-20-21(14-17)23(25)19-5-3-2-4-18(19)22(20)24/h2-14H,1H3/b11-10-. The van der Waals surface area contributed by atoms with Gasteiger partial charge in [-0.15, -0.1) is 0 Å². The van der Waals surface area contributed by atoms with E-state index in [9.17, 15) is 9.59 Å². The van der Waals surface area contributed by atoms with Gasteiger partial charge >= 0.3 is 0 Å². The number of benzene rings is 3. The highest BCUT2D eigenvalue weighted by Crippen LogP contribution is 2.28. The number of hydrogen-bond acceptors (Lipinski definition) is 2. The minimum absolute atomic E-state index is 0.0840. The van der Waals surface area contributed by atoms with E-state index in [1.165, 1.54) is 5.56 Å². The Labute approximate surface area is 146 Å². The zero-order valence-electron chi connectivity index (χ0n) is 13.8. The fourth-order valence-electron chi connectivity index (χ4n) is 3.09. The Bertz CT molecular complexity index is 1020. The van der Waals surface area contributed by atoms with E-state index in [0.717, 1.165) is 11.1 Å². The first-order valence-electron chi connectivity index (χ1n) is 8.21. The summed E-state index contributed by atoms with van der Waals surface area (Å²) in [4.78, 5) is 25.3. The minimum atomic E-state index is -0.0872. The van der Waals surface area contributed by atoms with Gasteiger partial charge in [0.1, 0.15) is 0 Å². The predicted molar refractivity (Wildman–Crippen MR) is 99.9 cm³/mol. The van der Waals surface area contributed by atoms with Crippen molar-refractivity contribution in [3.05, 3.63) is 106 Å². The maximum absolute atomic E-state index is 12.7. The van der Waals surface area contributed by atoms with E-state index in [-0.39, 0.29) is 11.6 Å². The number of ketones is 2. The van der Waals surface area contributed by atoms with E-state index >= 15 is 0 Å². The zero-order valence-corrected chi connectivity index (χ0v) is 13.8. The first-order chi connectivity index (χ1) is 12.1. The zero-order chi connectivity index (χ0) is 17.4. The molecule has 1 aliphatic carbocycles. The fraction of sp³-hybridized carbons (Fsp3) is 0.0435. The Morgan fingerprint density at radius 3 is 1.80 bits per heavy atom. The molecule has 3 aromatic rings. The van der Waals surface area contributed by atoms with E-state index < -0.39 is 0 Å². The van der Waals surface area contributed by atoms with Crippen molar-refractivity contribution in [2.45, 2.75) is 6.92 Å². The molecule has 0 bridgehead atoms. The second-order valence-electron chi connectivity index (χ2n) is 6.25. The lowest BCUT2D eigenvalue weighted by atomic mass is 9.83. The van der Waals surface area contributed by atoms with Crippen LogP contribution >= 0.6 is 0 Å². The van der Waals surface area contributed by atoms with Crippen LogP contribution in [0.2, 0.25) is 0 Å². The summed E-state index contributed by atoms with van der Waals surface area (Å²) in [5.41, 5.74) is 5.15. The highest BCUT2D eigenvalue weighted by Gasteiger charge is 2.28. The molecular weight excluding hydrogens is 308 g/mol. The average molecular weight is 324 g/mol. The summed E-state index contributed by atoms with van der Waals surface area (Å²) in [6, 6.07) is 20.7.